The molecule has 154 valence electrons. The number of nitrogens with two attached hydrogens (primary N) is 1. The largest absolute Gasteiger partial charge is 0.432 e. The Morgan fingerprint density at radius 1 is 1.36 bits per heavy atom. The SMILES string of the molecule is N=C(/C=C(\N)C(=O)N(CCC1CCSC1)Cc1c(Cl)cccc1Cl)C(F)(F)F. The van der Waals surface area contributed by atoms with Gasteiger partial charge in [-0.3, -0.25) is 10.2 Å². The molecule has 1 aromatic carbocycles. The zero-order valence-corrected chi connectivity index (χ0v) is 17.2. The van der Waals surface area contributed by atoms with Crippen molar-refractivity contribution in [3.05, 3.63) is 45.6 Å². The first kappa shape index (κ1) is 22.9. The molecule has 2 rings (SSSR count). The van der Waals surface area contributed by atoms with Crippen LogP contribution in [0.25, 0.3) is 0 Å². The molecular weight excluding hydrogens is 434 g/mol. The minimum atomic E-state index is -4.87. The first-order valence-electron chi connectivity index (χ1n) is 8.52. The number of carbonyl (C=O) groups is 1. The number of nitrogens with one attached hydrogen (secondary N) is 1. The second-order valence-electron chi connectivity index (χ2n) is 6.46. The quantitative estimate of drug-likeness (QED) is 0.455. The Morgan fingerprint density at radius 2 is 2.00 bits per heavy atom. The van der Waals surface area contributed by atoms with Crippen LogP contribution in [-0.4, -0.2) is 40.7 Å². The Labute approximate surface area is 175 Å². The van der Waals surface area contributed by atoms with E-state index in [9.17, 15) is 18.0 Å². The van der Waals surface area contributed by atoms with E-state index in [0.29, 0.717) is 40.6 Å². The summed E-state index contributed by atoms with van der Waals surface area (Å²) < 4.78 is 37.8. The first-order valence-corrected chi connectivity index (χ1v) is 10.4. The van der Waals surface area contributed by atoms with Gasteiger partial charge in [-0.1, -0.05) is 29.3 Å². The zero-order valence-electron chi connectivity index (χ0n) is 14.9. The third kappa shape index (κ3) is 6.32. The molecule has 1 unspecified atom stereocenters. The number of benzene rings is 1. The molecule has 0 aliphatic carbocycles. The number of halogens is 5. The van der Waals surface area contributed by atoms with E-state index in [1.807, 2.05) is 11.8 Å². The average molecular weight is 454 g/mol. The molecule has 10 heteroatoms. The summed E-state index contributed by atoms with van der Waals surface area (Å²) in [7, 11) is 0. The van der Waals surface area contributed by atoms with Gasteiger partial charge in [0.05, 0.1) is 5.70 Å². The molecule has 0 radical (unpaired) electrons. The van der Waals surface area contributed by atoms with E-state index < -0.39 is 23.5 Å². The van der Waals surface area contributed by atoms with E-state index in [1.165, 1.54) is 4.90 Å². The molecule has 1 atom stereocenters. The molecule has 0 saturated carbocycles. The molecule has 3 N–H and O–H groups in total. The smallest absolute Gasteiger partial charge is 0.394 e. The molecule has 1 saturated heterocycles. The molecule has 1 heterocycles. The summed E-state index contributed by atoms with van der Waals surface area (Å²) in [4.78, 5) is 14.1. The Balaban J connectivity index is 2.22. The van der Waals surface area contributed by atoms with Crippen molar-refractivity contribution < 1.29 is 18.0 Å². The fourth-order valence-corrected chi connectivity index (χ4v) is 4.61. The van der Waals surface area contributed by atoms with E-state index >= 15 is 0 Å². The molecule has 28 heavy (non-hydrogen) atoms. The van der Waals surface area contributed by atoms with Crippen molar-refractivity contribution in [3.63, 3.8) is 0 Å². The maximum absolute atomic E-state index is 12.7. The lowest BCUT2D eigenvalue weighted by Crippen LogP contribution is -2.36. The highest BCUT2D eigenvalue weighted by atomic mass is 35.5. The maximum atomic E-state index is 12.7. The normalized spacial score (nSPS) is 17.6. The fourth-order valence-electron chi connectivity index (χ4n) is 2.76. The number of hydrogen-bond donors (Lipinski definition) is 2. The van der Waals surface area contributed by atoms with E-state index in [1.54, 1.807) is 18.2 Å². The number of rotatable bonds is 7. The van der Waals surface area contributed by atoms with Crippen LogP contribution in [0.5, 0.6) is 0 Å². The van der Waals surface area contributed by atoms with Gasteiger partial charge in [-0.25, -0.2) is 0 Å². The molecule has 1 amide bonds. The Bertz CT molecular complexity index is 745. The van der Waals surface area contributed by atoms with E-state index in [4.69, 9.17) is 34.3 Å². The van der Waals surface area contributed by atoms with Gasteiger partial charge in [0.2, 0.25) is 0 Å². The Kier molecular flexibility index (Phi) is 8.09. The van der Waals surface area contributed by atoms with Crippen LogP contribution >= 0.6 is 35.0 Å². The van der Waals surface area contributed by atoms with Crippen LogP contribution in [0.4, 0.5) is 13.2 Å². The van der Waals surface area contributed by atoms with Crippen molar-refractivity contribution in [2.45, 2.75) is 25.6 Å². The van der Waals surface area contributed by atoms with Gasteiger partial charge in [0.15, 0.2) is 0 Å². The lowest BCUT2D eigenvalue weighted by molar-refractivity contribution is -0.128. The van der Waals surface area contributed by atoms with Crippen LogP contribution in [0, 0.1) is 11.3 Å². The van der Waals surface area contributed by atoms with Crippen LogP contribution in [0.3, 0.4) is 0 Å². The minimum Gasteiger partial charge on any atom is -0.394 e. The van der Waals surface area contributed by atoms with Crippen LogP contribution in [0.2, 0.25) is 10.0 Å². The highest BCUT2D eigenvalue weighted by Gasteiger charge is 2.33. The molecule has 1 fully saturated rings. The average Bonchev–Trinajstić information content (AvgIpc) is 3.13. The van der Waals surface area contributed by atoms with Gasteiger partial charge in [0, 0.05) is 28.7 Å². The Morgan fingerprint density at radius 3 is 2.54 bits per heavy atom. The predicted octanol–water partition coefficient (Wildman–Crippen LogP) is 4.89. The summed E-state index contributed by atoms with van der Waals surface area (Å²) >= 11 is 14.2. The standard InChI is InChI=1S/C18H20Cl2F3N3OS/c19-13-2-1-3-14(20)12(13)9-26(6-4-11-5-7-28-10-11)17(27)15(24)8-16(25)18(21,22)23/h1-3,8,11,25H,4-7,9-10,24H2/b15-8-,25-16?. The van der Waals surface area contributed by atoms with Crippen molar-refractivity contribution in [3.8, 4) is 0 Å². The highest BCUT2D eigenvalue weighted by molar-refractivity contribution is 7.99. The maximum Gasteiger partial charge on any atom is 0.432 e. The van der Waals surface area contributed by atoms with Gasteiger partial charge in [-0.15, -0.1) is 0 Å². The van der Waals surface area contributed by atoms with Crippen LogP contribution in [0.1, 0.15) is 18.4 Å². The van der Waals surface area contributed by atoms with Crippen LogP contribution in [-0.2, 0) is 11.3 Å². The number of alkyl halides is 3. The molecule has 1 aliphatic heterocycles. The summed E-state index contributed by atoms with van der Waals surface area (Å²) in [5.41, 5.74) is 3.76. The molecule has 0 aromatic heterocycles. The summed E-state index contributed by atoms with van der Waals surface area (Å²) in [6, 6.07) is 4.91. The lowest BCUT2D eigenvalue weighted by atomic mass is 10.0. The number of amides is 1. The molecule has 0 spiro atoms. The zero-order chi connectivity index (χ0) is 20.9. The van der Waals surface area contributed by atoms with Crippen molar-refractivity contribution in [2.24, 2.45) is 11.7 Å². The third-order valence-corrected chi connectivity index (χ3v) is 6.32. The Hall–Kier alpha value is -1.38. The number of thioether (sulfide) groups is 1. The number of carbonyl (C=O) groups excluding carboxylic acids is 1. The van der Waals surface area contributed by atoms with Gasteiger partial charge < -0.3 is 10.6 Å². The van der Waals surface area contributed by atoms with Crippen LogP contribution in [0.15, 0.2) is 30.0 Å². The van der Waals surface area contributed by atoms with Gasteiger partial charge >= 0.3 is 6.18 Å². The van der Waals surface area contributed by atoms with Gasteiger partial charge in [0.25, 0.3) is 5.91 Å². The van der Waals surface area contributed by atoms with Crippen LogP contribution < -0.4 is 5.73 Å². The minimum absolute atomic E-state index is 0.0189. The van der Waals surface area contributed by atoms with E-state index in [-0.39, 0.29) is 6.54 Å². The highest BCUT2D eigenvalue weighted by Crippen LogP contribution is 2.29. The molecule has 1 aromatic rings. The molecule has 0 bridgehead atoms. The number of hydrogen-bond acceptors (Lipinski definition) is 4. The van der Waals surface area contributed by atoms with E-state index in [2.05, 4.69) is 0 Å². The predicted molar refractivity (Wildman–Crippen MR) is 108 cm³/mol. The first-order chi connectivity index (χ1) is 13.1. The summed E-state index contributed by atoms with van der Waals surface area (Å²) in [5.74, 6) is 1.69. The molecular formula is C18H20Cl2F3N3OS. The van der Waals surface area contributed by atoms with Gasteiger partial charge in [-0.05, 0) is 48.5 Å². The van der Waals surface area contributed by atoms with Crippen molar-refractivity contribution >= 4 is 46.6 Å². The molecule has 4 nitrogen and oxygen atoms in total. The topological polar surface area (TPSA) is 70.2 Å². The van der Waals surface area contributed by atoms with Gasteiger partial charge in [0.1, 0.15) is 5.71 Å². The molecule has 1 aliphatic rings. The number of nitrogens with zero attached hydrogens (tertiary/aromatic N) is 1. The summed E-state index contributed by atoms with van der Waals surface area (Å²) in [6.07, 6.45) is -2.80. The summed E-state index contributed by atoms with van der Waals surface area (Å²) in [6.45, 7) is 0.324. The fraction of sp³-hybridized carbons (Fsp3) is 0.444. The lowest BCUT2D eigenvalue weighted by Gasteiger charge is -2.25. The van der Waals surface area contributed by atoms with Crippen molar-refractivity contribution in [2.75, 3.05) is 18.1 Å². The van der Waals surface area contributed by atoms with Crippen molar-refractivity contribution in [1.82, 2.24) is 4.90 Å². The van der Waals surface area contributed by atoms with E-state index in [0.717, 1.165) is 17.9 Å². The second kappa shape index (κ2) is 9.89. The summed E-state index contributed by atoms with van der Waals surface area (Å²) in [5, 5.41) is 7.74. The monoisotopic (exact) mass is 453 g/mol. The van der Waals surface area contributed by atoms with Gasteiger partial charge in [-0.2, -0.15) is 24.9 Å². The third-order valence-electron chi connectivity index (χ3n) is 4.38. The number of allylic oxidation sites excluding steroid dienone is 1. The van der Waals surface area contributed by atoms with Crippen molar-refractivity contribution in [1.29, 1.82) is 5.41 Å². The second-order valence-corrected chi connectivity index (χ2v) is 8.42.